The molecule has 1 aromatic carbocycles. The maximum atomic E-state index is 12.1. The van der Waals surface area contributed by atoms with Gasteiger partial charge < -0.3 is 20.9 Å². The molecule has 0 spiro atoms. The zero-order valence-electron chi connectivity index (χ0n) is 12.6. The van der Waals surface area contributed by atoms with Crippen molar-refractivity contribution < 1.29 is 9.59 Å². The summed E-state index contributed by atoms with van der Waals surface area (Å²) in [5.74, 6) is -0.215. The van der Waals surface area contributed by atoms with Gasteiger partial charge in [-0.05, 0) is 25.1 Å². The number of likely N-dealkylation sites (N-methyl/N-ethyl adjacent to an activating group) is 1. The Morgan fingerprint density at radius 1 is 1.15 bits per heavy atom. The standard InChI is InChI=1S/C14H22N4O2/c1-9(13(19)17(2)3)16-12-8-10(15)6-7-11(12)14(20)18(4)5/h6-9,16H,15H2,1-5H3. The van der Waals surface area contributed by atoms with Gasteiger partial charge in [-0.1, -0.05) is 0 Å². The first-order valence-electron chi connectivity index (χ1n) is 6.33. The molecular formula is C14H22N4O2. The first-order valence-corrected chi connectivity index (χ1v) is 6.33. The van der Waals surface area contributed by atoms with Gasteiger partial charge in [0, 0.05) is 39.6 Å². The molecule has 0 aliphatic heterocycles. The molecule has 6 nitrogen and oxygen atoms in total. The lowest BCUT2D eigenvalue weighted by atomic mass is 10.1. The molecule has 3 N–H and O–H groups in total. The molecule has 6 heteroatoms. The van der Waals surface area contributed by atoms with Crippen molar-refractivity contribution in [3.05, 3.63) is 23.8 Å². The number of anilines is 2. The van der Waals surface area contributed by atoms with E-state index in [0.29, 0.717) is 16.9 Å². The van der Waals surface area contributed by atoms with Crippen molar-refractivity contribution in [1.82, 2.24) is 9.80 Å². The van der Waals surface area contributed by atoms with Crippen LogP contribution >= 0.6 is 0 Å². The Kier molecular flexibility index (Phi) is 4.96. The van der Waals surface area contributed by atoms with Gasteiger partial charge >= 0.3 is 0 Å². The van der Waals surface area contributed by atoms with Crippen molar-refractivity contribution in [2.75, 3.05) is 39.2 Å². The second kappa shape index (κ2) is 6.27. The molecule has 0 aromatic heterocycles. The van der Waals surface area contributed by atoms with Crippen LogP contribution in [-0.4, -0.2) is 55.8 Å². The third-order valence-electron chi connectivity index (χ3n) is 2.86. The number of hydrogen-bond acceptors (Lipinski definition) is 4. The van der Waals surface area contributed by atoms with Crippen LogP contribution in [0.1, 0.15) is 17.3 Å². The normalized spacial score (nSPS) is 11.7. The number of benzene rings is 1. The fourth-order valence-corrected chi connectivity index (χ4v) is 1.79. The number of nitrogens with one attached hydrogen (secondary N) is 1. The molecule has 0 saturated carbocycles. The van der Waals surface area contributed by atoms with Crippen LogP contribution in [0.15, 0.2) is 18.2 Å². The number of nitrogens with two attached hydrogens (primary N) is 1. The second-order valence-corrected chi connectivity index (χ2v) is 5.10. The number of rotatable bonds is 4. The van der Waals surface area contributed by atoms with Crippen molar-refractivity contribution in [2.24, 2.45) is 0 Å². The Balaban J connectivity index is 3.07. The lowest BCUT2D eigenvalue weighted by molar-refractivity contribution is -0.129. The van der Waals surface area contributed by atoms with Gasteiger partial charge in [0.25, 0.3) is 5.91 Å². The highest BCUT2D eigenvalue weighted by Crippen LogP contribution is 2.21. The molecule has 1 aromatic rings. The van der Waals surface area contributed by atoms with E-state index in [1.807, 2.05) is 0 Å². The van der Waals surface area contributed by atoms with Crippen LogP contribution < -0.4 is 11.1 Å². The van der Waals surface area contributed by atoms with E-state index >= 15 is 0 Å². The molecule has 2 amide bonds. The van der Waals surface area contributed by atoms with Crippen molar-refractivity contribution in [1.29, 1.82) is 0 Å². The van der Waals surface area contributed by atoms with E-state index < -0.39 is 6.04 Å². The van der Waals surface area contributed by atoms with Crippen LogP contribution in [0.3, 0.4) is 0 Å². The maximum Gasteiger partial charge on any atom is 0.255 e. The van der Waals surface area contributed by atoms with Crippen LogP contribution in [0.2, 0.25) is 0 Å². The number of nitrogen functional groups attached to an aromatic ring is 1. The minimum absolute atomic E-state index is 0.0734. The van der Waals surface area contributed by atoms with Gasteiger partial charge in [-0.15, -0.1) is 0 Å². The molecule has 0 aliphatic rings. The average molecular weight is 278 g/mol. The van der Waals surface area contributed by atoms with E-state index in [2.05, 4.69) is 5.32 Å². The minimum Gasteiger partial charge on any atom is -0.399 e. The fraction of sp³-hybridized carbons (Fsp3) is 0.429. The topological polar surface area (TPSA) is 78.7 Å². The molecule has 1 unspecified atom stereocenters. The smallest absolute Gasteiger partial charge is 0.255 e. The zero-order valence-corrected chi connectivity index (χ0v) is 12.6. The molecule has 110 valence electrons. The highest BCUT2D eigenvalue weighted by Gasteiger charge is 2.19. The quantitative estimate of drug-likeness (QED) is 0.801. The van der Waals surface area contributed by atoms with E-state index in [0.717, 1.165) is 0 Å². The first kappa shape index (κ1) is 15.8. The van der Waals surface area contributed by atoms with E-state index in [-0.39, 0.29) is 11.8 Å². The molecule has 0 radical (unpaired) electrons. The molecule has 0 aliphatic carbocycles. The Morgan fingerprint density at radius 3 is 2.25 bits per heavy atom. The number of hydrogen-bond donors (Lipinski definition) is 2. The van der Waals surface area contributed by atoms with Crippen molar-refractivity contribution in [3.8, 4) is 0 Å². The first-order chi connectivity index (χ1) is 9.23. The molecule has 0 fully saturated rings. The summed E-state index contributed by atoms with van der Waals surface area (Å²) in [5, 5.41) is 3.05. The summed E-state index contributed by atoms with van der Waals surface area (Å²) < 4.78 is 0. The summed E-state index contributed by atoms with van der Waals surface area (Å²) >= 11 is 0. The largest absolute Gasteiger partial charge is 0.399 e. The average Bonchev–Trinajstić information content (AvgIpc) is 2.36. The third-order valence-corrected chi connectivity index (χ3v) is 2.86. The predicted octanol–water partition coefficient (Wildman–Crippen LogP) is 0.859. The zero-order chi connectivity index (χ0) is 15.4. The maximum absolute atomic E-state index is 12.1. The summed E-state index contributed by atoms with van der Waals surface area (Å²) in [6.07, 6.45) is 0. The van der Waals surface area contributed by atoms with Gasteiger partial charge in [0.05, 0.1) is 5.56 Å². The Hall–Kier alpha value is -2.24. The third kappa shape index (κ3) is 3.63. The van der Waals surface area contributed by atoms with Crippen LogP contribution in [0.5, 0.6) is 0 Å². The number of carbonyl (C=O) groups is 2. The van der Waals surface area contributed by atoms with Crippen LogP contribution in [-0.2, 0) is 4.79 Å². The fourth-order valence-electron chi connectivity index (χ4n) is 1.79. The van der Waals surface area contributed by atoms with E-state index in [4.69, 9.17) is 5.73 Å². The Morgan fingerprint density at radius 2 is 1.75 bits per heavy atom. The summed E-state index contributed by atoms with van der Waals surface area (Å²) in [6.45, 7) is 1.75. The van der Waals surface area contributed by atoms with Gasteiger partial charge in [0.2, 0.25) is 5.91 Å². The van der Waals surface area contributed by atoms with Gasteiger partial charge in [-0.2, -0.15) is 0 Å². The highest BCUT2D eigenvalue weighted by molar-refractivity contribution is 6.00. The van der Waals surface area contributed by atoms with Crippen molar-refractivity contribution in [2.45, 2.75) is 13.0 Å². The molecule has 0 heterocycles. The van der Waals surface area contributed by atoms with Crippen LogP contribution in [0.25, 0.3) is 0 Å². The van der Waals surface area contributed by atoms with E-state index in [1.54, 1.807) is 53.3 Å². The van der Waals surface area contributed by atoms with Gasteiger partial charge in [-0.3, -0.25) is 9.59 Å². The molecule has 0 saturated heterocycles. The van der Waals surface area contributed by atoms with Crippen LogP contribution in [0, 0.1) is 0 Å². The van der Waals surface area contributed by atoms with Gasteiger partial charge in [0.15, 0.2) is 0 Å². The van der Waals surface area contributed by atoms with Gasteiger partial charge in [-0.25, -0.2) is 0 Å². The van der Waals surface area contributed by atoms with Gasteiger partial charge in [0.1, 0.15) is 6.04 Å². The summed E-state index contributed by atoms with van der Waals surface area (Å²) in [6, 6.07) is 4.55. The second-order valence-electron chi connectivity index (χ2n) is 5.10. The monoisotopic (exact) mass is 278 g/mol. The molecular weight excluding hydrogens is 256 g/mol. The molecule has 1 rings (SSSR count). The van der Waals surface area contributed by atoms with Crippen molar-refractivity contribution >= 4 is 23.2 Å². The summed E-state index contributed by atoms with van der Waals surface area (Å²) in [5.41, 5.74) is 7.34. The lowest BCUT2D eigenvalue weighted by Gasteiger charge is -2.21. The number of amides is 2. The molecule has 1 atom stereocenters. The number of nitrogens with zero attached hydrogens (tertiary/aromatic N) is 2. The predicted molar refractivity (Wildman–Crippen MR) is 80.7 cm³/mol. The minimum atomic E-state index is -0.444. The molecule has 20 heavy (non-hydrogen) atoms. The highest BCUT2D eigenvalue weighted by atomic mass is 16.2. The summed E-state index contributed by atoms with van der Waals surface area (Å²) in [4.78, 5) is 27.0. The SMILES string of the molecule is CC(Nc1cc(N)ccc1C(=O)N(C)C)C(=O)N(C)C. The van der Waals surface area contributed by atoms with E-state index in [1.165, 1.54) is 9.80 Å². The van der Waals surface area contributed by atoms with E-state index in [9.17, 15) is 9.59 Å². The Bertz CT molecular complexity index is 512. The Labute approximate surface area is 119 Å². The van der Waals surface area contributed by atoms with Crippen LogP contribution in [0.4, 0.5) is 11.4 Å². The number of carbonyl (C=O) groups excluding carboxylic acids is 2. The van der Waals surface area contributed by atoms with Crippen molar-refractivity contribution in [3.63, 3.8) is 0 Å². The summed E-state index contributed by atoms with van der Waals surface area (Å²) in [7, 11) is 6.73. The lowest BCUT2D eigenvalue weighted by Crippen LogP contribution is -2.37. The molecule has 0 bridgehead atoms.